The van der Waals surface area contributed by atoms with Crippen LogP contribution < -0.4 is 19.3 Å². The van der Waals surface area contributed by atoms with Gasteiger partial charge in [-0.15, -0.1) is 0 Å². The minimum atomic E-state index is -0.287. The highest BCUT2D eigenvalue weighted by molar-refractivity contribution is 6.24. The van der Waals surface area contributed by atoms with E-state index in [4.69, 9.17) is 9.47 Å². The van der Waals surface area contributed by atoms with Crippen LogP contribution in [0.5, 0.6) is 11.5 Å². The predicted octanol–water partition coefficient (Wildman–Crippen LogP) is 3.99. The Morgan fingerprint density at radius 1 is 0.550 bits per heavy atom. The molecule has 2 aromatic carbocycles. The summed E-state index contributed by atoms with van der Waals surface area (Å²) in [7, 11) is 3.04. The lowest BCUT2D eigenvalue weighted by Crippen LogP contribution is -2.33. The van der Waals surface area contributed by atoms with Crippen LogP contribution in [-0.4, -0.2) is 37.8 Å². The molecular weight excluding hydrogens is 508 g/mol. The molecule has 4 amide bonds. The first kappa shape index (κ1) is 23.7. The minimum absolute atomic E-state index is 0.132. The minimum Gasteiger partial charge on any atom is -0.495 e. The molecule has 8 rings (SSSR count). The third-order valence-electron chi connectivity index (χ3n) is 10.1. The number of ether oxygens (including phenoxy) is 2. The average molecular weight is 537 g/mol. The van der Waals surface area contributed by atoms with Gasteiger partial charge in [0, 0.05) is 0 Å². The SMILES string of the molecule is COc1cc(-c2ccc(N3C(=O)[C@@H]4[C@H](C3=O)[C@H]3C=C[C@H]4C3)c(OC)c2)ccc1N1C(=O)[C@@H]2[C@H](C1=O)[C@@H]1C=C[C@H]2C1. The second-order valence-electron chi connectivity index (χ2n) is 11.8. The number of allylic oxidation sites excluding steroid dienone is 4. The fourth-order valence-corrected chi connectivity index (χ4v) is 8.36. The van der Waals surface area contributed by atoms with Crippen LogP contribution in [0.15, 0.2) is 60.7 Å². The fourth-order valence-electron chi connectivity index (χ4n) is 8.36. The zero-order valence-electron chi connectivity index (χ0n) is 22.2. The molecule has 2 aromatic rings. The van der Waals surface area contributed by atoms with Gasteiger partial charge >= 0.3 is 0 Å². The maximum absolute atomic E-state index is 13.4. The van der Waals surface area contributed by atoms with Crippen molar-refractivity contribution in [2.45, 2.75) is 12.8 Å². The normalized spacial score (nSPS) is 34.5. The van der Waals surface area contributed by atoms with E-state index < -0.39 is 0 Å². The summed E-state index contributed by atoms with van der Waals surface area (Å²) in [5.41, 5.74) is 2.46. The number of hydrogen-bond donors (Lipinski definition) is 0. The highest BCUT2D eigenvalue weighted by Gasteiger charge is 2.61. The van der Waals surface area contributed by atoms with Gasteiger partial charge in [-0.05, 0) is 71.9 Å². The quantitative estimate of drug-likeness (QED) is 0.424. The van der Waals surface area contributed by atoms with Crippen molar-refractivity contribution in [2.75, 3.05) is 24.0 Å². The molecule has 2 heterocycles. The molecule has 2 saturated carbocycles. The Balaban J connectivity index is 1.11. The molecule has 4 bridgehead atoms. The van der Waals surface area contributed by atoms with Crippen molar-refractivity contribution in [3.05, 3.63) is 60.7 Å². The third-order valence-corrected chi connectivity index (χ3v) is 10.1. The number of methoxy groups -OCH3 is 2. The number of carbonyl (C=O) groups excluding carboxylic acids is 4. The van der Waals surface area contributed by atoms with Gasteiger partial charge in [0.25, 0.3) is 0 Å². The van der Waals surface area contributed by atoms with E-state index in [9.17, 15) is 19.2 Å². The van der Waals surface area contributed by atoms with Crippen molar-refractivity contribution in [1.82, 2.24) is 0 Å². The van der Waals surface area contributed by atoms with E-state index in [1.807, 2.05) is 12.1 Å². The van der Waals surface area contributed by atoms with Crippen molar-refractivity contribution in [3.63, 3.8) is 0 Å². The topological polar surface area (TPSA) is 93.2 Å². The number of rotatable bonds is 5. The molecule has 0 aromatic heterocycles. The molecule has 202 valence electrons. The second kappa shape index (κ2) is 8.16. The van der Waals surface area contributed by atoms with Gasteiger partial charge < -0.3 is 9.47 Å². The van der Waals surface area contributed by atoms with Crippen molar-refractivity contribution in [1.29, 1.82) is 0 Å². The monoisotopic (exact) mass is 536 g/mol. The number of anilines is 2. The van der Waals surface area contributed by atoms with Crippen LogP contribution in [0.1, 0.15) is 12.8 Å². The zero-order valence-corrected chi connectivity index (χ0v) is 22.2. The summed E-state index contributed by atoms with van der Waals surface area (Å²) in [5, 5.41) is 0. The number of amides is 4. The molecule has 0 radical (unpaired) electrons. The number of benzene rings is 2. The molecule has 8 heteroatoms. The fraction of sp³-hybridized carbons (Fsp3) is 0.375. The molecule has 6 aliphatic rings. The molecule has 40 heavy (non-hydrogen) atoms. The molecule has 0 spiro atoms. The number of imide groups is 2. The van der Waals surface area contributed by atoms with E-state index >= 15 is 0 Å². The first-order valence-corrected chi connectivity index (χ1v) is 13.9. The molecule has 4 aliphatic carbocycles. The van der Waals surface area contributed by atoms with Crippen LogP contribution in [-0.2, 0) is 19.2 Å². The van der Waals surface area contributed by atoms with E-state index in [1.165, 1.54) is 24.0 Å². The van der Waals surface area contributed by atoms with Crippen LogP contribution in [0.2, 0.25) is 0 Å². The van der Waals surface area contributed by atoms with Crippen molar-refractivity contribution >= 4 is 35.0 Å². The summed E-state index contributed by atoms with van der Waals surface area (Å²) in [6.07, 6.45) is 10.1. The van der Waals surface area contributed by atoms with E-state index in [-0.39, 0.29) is 71.0 Å². The van der Waals surface area contributed by atoms with Crippen LogP contribution in [0, 0.1) is 47.3 Å². The highest BCUT2D eigenvalue weighted by atomic mass is 16.5. The van der Waals surface area contributed by atoms with Gasteiger partial charge in [0.05, 0.1) is 49.3 Å². The molecular formula is C32H28N2O6. The molecule has 8 atom stereocenters. The number of nitrogens with zero attached hydrogens (tertiary/aromatic N) is 2. The van der Waals surface area contributed by atoms with Gasteiger partial charge in [0.15, 0.2) is 0 Å². The Kier molecular flexibility index (Phi) is 4.83. The summed E-state index contributed by atoms with van der Waals surface area (Å²) < 4.78 is 11.3. The maximum atomic E-state index is 13.4. The molecule has 0 unspecified atom stereocenters. The smallest absolute Gasteiger partial charge is 0.238 e. The zero-order chi connectivity index (χ0) is 27.4. The molecule has 2 aliphatic heterocycles. The average Bonchev–Trinajstić information content (AvgIpc) is 3.81. The van der Waals surface area contributed by atoms with Gasteiger partial charge in [0.1, 0.15) is 11.5 Å². The van der Waals surface area contributed by atoms with E-state index in [0.29, 0.717) is 22.9 Å². The van der Waals surface area contributed by atoms with Gasteiger partial charge in [0.2, 0.25) is 23.6 Å². The molecule has 4 fully saturated rings. The summed E-state index contributed by atoms with van der Waals surface area (Å²) >= 11 is 0. The second-order valence-corrected chi connectivity index (χ2v) is 11.8. The Morgan fingerprint density at radius 2 is 0.875 bits per heavy atom. The predicted molar refractivity (Wildman–Crippen MR) is 145 cm³/mol. The Bertz CT molecular complexity index is 1410. The van der Waals surface area contributed by atoms with Gasteiger partial charge in [-0.3, -0.25) is 19.2 Å². The van der Waals surface area contributed by atoms with E-state index in [0.717, 1.165) is 24.0 Å². The summed E-state index contributed by atoms with van der Waals surface area (Å²) in [6.45, 7) is 0. The third kappa shape index (κ3) is 2.91. The summed E-state index contributed by atoms with van der Waals surface area (Å²) in [5.74, 6) is -0.399. The van der Waals surface area contributed by atoms with Crippen LogP contribution in [0.4, 0.5) is 11.4 Å². The molecule has 2 saturated heterocycles. The van der Waals surface area contributed by atoms with Crippen molar-refractivity contribution in [2.24, 2.45) is 47.3 Å². The lowest BCUT2D eigenvalue weighted by molar-refractivity contribution is -0.124. The van der Waals surface area contributed by atoms with Gasteiger partial charge in [-0.1, -0.05) is 36.4 Å². The lowest BCUT2D eigenvalue weighted by atomic mass is 9.85. The molecule has 8 nitrogen and oxygen atoms in total. The molecule has 0 N–H and O–H groups in total. The van der Waals surface area contributed by atoms with Crippen LogP contribution in [0.25, 0.3) is 11.1 Å². The number of carbonyl (C=O) groups is 4. The summed E-state index contributed by atoms with van der Waals surface area (Å²) in [4.78, 5) is 56.1. The van der Waals surface area contributed by atoms with Crippen LogP contribution >= 0.6 is 0 Å². The van der Waals surface area contributed by atoms with E-state index in [1.54, 1.807) is 24.3 Å². The lowest BCUT2D eigenvalue weighted by Gasteiger charge is -2.22. The largest absolute Gasteiger partial charge is 0.495 e. The highest BCUT2D eigenvalue weighted by Crippen LogP contribution is 2.55. The number of fused-ring (bicyclic) bond motifs is 10. The standard InChI is InChI=1S/C32H28N2O6/c1-39-23-13-15(7-9-21(23)33-29(35)25-17-3-4-18(11-17)26(25)30(33)36)16-8-10-22(24(14-16)40-2)34-31(37)27-19-5-6-20(12-19)28(27)32(34)38/h3-10,13-14,17-20,25-28H,11-12H2,1-2H3/t17-,18-,19-,20+,25-,26+,27-,28+/m0/s1. The van der Waals surface area contributed by atoms with Crippen LogP contribution in [0.3, 0.4) is 0 Å². The van der Waals surface area contributed by atoms with Crippen molar-refractivity contribution < 1.29 is 28.7 Å². The maximum Gasteiger partial charge on any atom is 0.238 e. The van der Waals surface area contributed by atoms with E-state index in [2.05, 4.69) is 24.3 Å². The first-order valence-electron chi connectivity index (χ1n) is 13.9. The van der Waals surface area contributed by atoms with Crippen molar-refractivity contribution in [3.8, 4) is 22.6 Å². The van der Waals surface area contributed by atoms with Gasteiger partial charge in [-0.2, -0.15) is 0 Å². The number of hydrogen-bond acceptors (Lipinski definition) is 6. The Hall–Kier alpha value is -4.20. The first-order chi connectivity index (χ1) is 19.4. The van der Waals surface area contributed by atoms with Gasteiger partial charge in [-0.25, -0.2) is 9.80 Å². The Morgan fingerprint density at radius 3 is 1.18 bits per heavy atom. The summed E-state index contributed by atoms with van der Waals surface area (Å²) in [6, 6.07) is 10.8. The Labute approximate surface area is 231 Å².